The van der Waals surface area contributed by atoms with E-state index >= 15 is 0 Å². The van der Waals surface area contributed by atoms with Crippen molar-refractivity contribution in [1.29, 1.82) is 0 Å². The Kier molecular flexibility index (Phi) is 3.17. The zero-order valence-electron chi connectivity index (χ0n) is 10.3. The third kappa shape index (κ3) is 2.50. The largest absolute Gasteiger partial charge is 0.416 e. The molecule has 2 N–H and O–H groups in total. The summed E-state index contributed by atoms with van der Waals surface area (Å²) in [6.45, 7) is 1.69. The van der Waals surface area contributed by atoms with Gasteiger partial charge in [0.2, 0.25) is 0 Å². The van der Waals surface area contributed by atoms with Crippen LogP contribution in [0.1, 0.15) is 15.9 Å². The molecule has 3 nitrogen and oxygen atoms in total. The van der Waals surface area contributed by atoms with Crippen LogP contribution in [-0.4, -0.2) is 25.0 Å². The minimum absolute atomic E-state index is 0.0530. The van der Waals surface area contributed by atoms with E-state index in [9.17, 15) is 18.0 Å². The summed E-state index contributed by atoms with van der Waals surface area (Å²) < 4.78 is 38.0. The van der Waals surface area contributed by atoms with Gasteiger partial charge in [-0.2, -0.15) is 13.2 Å². The van der Waals surface area contributed by atoms with Gasteiger partial charge in [-0.15, -0.1) is 0 Å². The predicted molar refractivity (Wildman–Crippen MR) is 67.6 cm³/mol. The minimum atomic E-state index is -4.51. The molecule has 1 saturated carbocycles. The average molecular weight is 305 g/mol. The number of nitrogens with one attached hydrogen (secondary N) is 2. The Hall–Kier alpha value is -1.27. The van der Waals surface area contributed by atoms with E-state index in [4.69, 9.17) is 11.6 Å². The van der Waals surface area contributed by atoms with Gasteiger partial charge in [0.1, 0.15) is 0 Å². The standard InChI is InChI=1S/C13H12ClF3N2O/c14-8-2-6(1-7(3-8)13(15,16)17)12(20)19-11-9-4-18-5-10(9)11/h1-3,9-11,18H,4-5H2,(H,19,20)/t9-,10+,11?. The molecule has 1 heterocycles. The first kappa shape index (κ1) is 13.7. The van der Waals surface area contributed by atoms with E-state index < -0.39 is 17.6 Å². The number of carbonyl (C=O) groups is 1. The average Bonchev–Trinajstić information content (AvgIpc) is 2.81. The number of carbonyl (C=O) groups excluding carboxylic acids is 1. The highest BCUT2D eigenvalue weighted by Gasteiger charge is 2.53. The Balaban J connectivity index is 1.76. The smallest absolute Gasteiger partial charge is 0.349 e. The number of fused-ring (bicyclic) bond motifs is 1. The van der Waals surface area contributed by atoms with E-state index in [-0.39, 0.29) is 16.6 Å². The van der Waals surface area contributed by atoms with Crippen molar-refractivity contribution in [2.24, 2.45) is 11.8 Å². The zero-order chi connectivity index (χ0) is 14.5. The lowest BCUT2D eigenvalue weighted by Gasteiger charge is -2.11. The number of alkyl halides is 3. The van der Waals surface area contributed by atoms with Gasteiger partial charge in [0.25, 0.3) is 5.91 Å². The summed E-state index contributed by atoms with van der Waals surface area (Å²) in [7, 11) is 0. The van der Waals surface area contributed by atoms with Crippen molar-refractivity contribution < 1.29 is 18.0 Å². The van der Waals surface area contributed by atoms with Crippen LogP contribution in [-0.2, 0) is 6.18 Å². The van der Waals surface area contributed by atoms with Gasteiger partial charge in [0, 0.05) is 29.7 Å². The van der Waals surface area contributed by atoms with Crippen LogP contribution >= 0.6 is 11.6 Å². The van der Waals surface area contributed by atoms with Crippen LogP contribution in [0.2, 0.25) is 5.02 Å². The van der Waals surface area contributed by atoms with Crippen molar-refractivity contribution in [2.75, 3.05) is 13.1 Å². The van der Waals surface area contributed by atoms with Crippen LogP contribution in [0.15, 0.2) is 18.2 Å². The lowest BCUT2D eigenvalue weighted by Crippen LogP contribution is -2.32. The molecule has 0 spiro atoms. The predicted octanol–water partition coefficient (Wildman–Crippen LogP) is 2.31. The number of hydrogen-bond acceptors (Lipinski definition) is 2. The number of halogens is 4. The Morgan fingerprint density at radius 3 is 2.50 bits per heavy atom. The zero-order valence-corrected chi connectivity index (χ0v) is 11.1. The van der Waals surface area contributed by atoms with Gasteiger partial charge in [0.05, 0.1) is 5.56 Å². The van der Waals surface area contributed by atoms with Crippen molar-refractivity contribution in [3.8, 4) is 0 Å². The molecule has 0 aromatic heterocycles. The van der Waals surface area contributed by atoms with Gasteiger partial charge in [-0.3, -0.25) is 4.79 Å². The fraction of sp³-hybridized carbons (Fsp3) is 0.462. The molecule has 1 aromatic carbocycles. The molecule has 1 aliphatic heterocycles. The fourth-order valence-electron chi connectivity index (χ4n) is 2.75. The van der Waals surface area contributed by atoms with E-state index in [2.05, 4.69) is 10.6 Å². The van der Waals surface area contributed by atoms with Crippen LogP contribution in [0.4, 0.5) is 13.2 Å². The van der Waals surface area contributed by atoms with Gasteiger partial charge >= 0.3 is 6.18 Å². The summed E-state index contributed by atoms with van der Waals surface area (Å²) in [6, 6.07) is 2.96. The summed E-state index contributed by atoms with van der Waals surface area (Å²) in [6.07, 6.45) is -4.51. The number of hydrogen-bond donors (Lipinski definition) is 2. The van der Waals surface area contributed by atoms with Crippen molar-refractivity contribution in [3.63, 3.8) is 0 Å². The normalized spacial score (nSPS) is 28.1. The highest BCUT2D eigenvalue weighted by atomic mass is 35.5. The molecule has 0 bridgehead atoms. The van der Waals surface area contributed by atoms with Crippen LogP contribution in [0.25, 0.3) is 0 Å². The molecule has 3 atom stereocenters. The Bertz CT molecular complexity index is 551. The summed E-state index contributed by atoms with van der Waals surface area (Å²) in [5.41, 5.74) is -0.962. The Morgan fingerprint density at radius 2 is 1.90 bits per heavy atom. The lowest BCUT2D eigenvalue weighted by molar-refractivity contribution is -0.137. The number of amides is 1. The molecule has 1 aromatic rings. The molecule has 1 saturated heterocycles. The molecule has 0 radical (unpaired) electrons. The topological polar surface area (TPSA) is 41.1 Å². The second kappa shape index (κ2) is 4.63. The van der Waals surface area contributed by atoms with E-state index in [0.717, 1.165) is 25.2 Å². The van der Waals surface area contributed by atoms with Gasteiger partial charge in [-0.05, 0) is 30.0 Å². The summed E-state index contributed by atoms with van der Waals surface area (Å²) >= 11 is 5.66. The van der Waals surface area contributed by atoms with Crippen LogP contribution in [0.5, 0.6) is 0 Å². The molecular weight excluding hydrogens is 293 g/mol. The van der Waals surface area contributed by atoms with Crippen molar-refractivity contribution in [3.05, 3.63) is 34.3 Å². The molecule has 1 unspecified atom stereocenters. The third-order valence-electron chi connectivity index (χ3n) is 3.88. The summed E-state index contributed by atoms with van der Waals surface area (Å²) in [5, 5.41) is 5.86. The second-order valence-corrected chi connectivity index (χ2v) is 5.65. The van der Waals surface area contributed by atoms with Gasteiger partial charge < -0.3 is 10.6 Å². The van der Waals surface area contributed by atoms with Gasteiger partial charge in [0.15, 0.2) is 0 Å². The van der Waals surface area contributed by atoms with E-state index in [0.29, 0.717) is 11.8 Å². The molecule has 7 heteroatoms. The van der Waals surface area contributed by atoms with Crippen LogP contribution < -0.4 is 10.6 Å². The summed E-state index contributed by atoms with van der Waals surface area (Å²) in [4.78, 5) is 12.0. The Morgan fingerprint density at radius 1 is 1.25 bits per heavy atom. The third-order valence-corrected chi connectivity index (χ3v) is 4.09. The lowest BCUT2D eigenvalue weighted by atomic mass is 10.1. The highest BCUT2D eigenvalue weighted by Crippen LogP contribution is 2.41. The van der Waals surface area contributed by atoms with Crippen molar-refractivity contribution in [2.45, 2.75) is 12.2 Å². The molecule has 108 valence electrons. The highest BCUT2D eigenvalue weighted by molar-refractivity contribution is 6.31. The number of benzene rings is 1. The molecule has 1 aliphatic carbocycles. The quantitative estimate of drug-likeness (QED) is 0.880. The first-order valence-corrected chi connectivity index (χ1v) is 6.63. The van der Waals surface area contributed by atoms with E-state index in [1.165, 1.54) is 6.07 Å². The van der Waals surface area contributed by atoms with E-state index in [1.54, 1.807) is 0 Å². The molecule has 1 amide bonds. The second-order valence-electron chi connectivity index (χ2n) is 5.21. The molecule has 3 rings (SSSR count). The molecule has 20 heavy (non-hydrogen) atoms. The van der Waals surface area contributed by atoms with E-state index in [1.807, 2.05) is 0 Å². The van der Waals surface area contributed by atoms with Gasteiger partial charge in [-0.1, -0.05) is 11.6 Å². The number of rotatable bonds is 2. The maximum atomic E-state index is 12.7. The monoisotopic (exact) mass is 304 g/mol. The van der Waals surface area contributed by atoms with Crippen molar-refractivity contribution >= 4 is 17.5 Å². The molecule has 2 aliphatic rings. The SMILES string of the molecule is O=C(NC1[C@H]2CNC[C@@H]12)c1cc(Cl)cc(C(F)(F)F)c1. The van der Waals surface area contributed by atoms with Crippen molar-refractivity contribution in [1.82, 2.24) is 10.6 Å². The first-order chi connectivity index (χ1) is 9.36. The first-order valence-electron chi connectivity index (χ1n) is 6.25. The number of piperidine rings is 1. The maximum Gasteiger partial charge on any atom is 0.416 e. The minimum Gasteiger partial charge on any atom is -0.349 e. The maximum absolute atomic E-state index is 12.7. The Labute approximate surface area is 118 Å². The van der Waals surface area contributed by atoms with Crippen LogP contribution in [0.3, 0.4) is 0 Å². The van der Waals surface area contributed by atoms with Gasteiger partial charge in [-0.25, -0.2) is 0 Å². The molecular formula is C13H12ClF3N2O. The molecule has 2 fully saturated rings. The fourth-order valence-corrected chi connectivity index (χ4v) is 2.99. The van der Waals surface area contributed by atoms with Crippen LogP contribution in [0, 0.1) is 11.8 Å². The summed E-state index contributed by atoms with van der Waals surface area (Å²) in [5.74, 6) is 0.304.